The predicted octanol–water partition coefficient (Wildman–Crippen LogP) is 0.637. The highest BCUT2D eigenvalue weighted by molar-refractivity contribution is 5.76. The number of hydrogen-bond acceptors (Lipinski definition) is 3. The molecule has 0 aromatic carbocycles. The van der Waals surface area contributed by atoms with E-state index in [2.05, 4.69) is 5.32 Å². The van der Waals surface area contributed by atoms with Crippen molar-refractivity contribution < 1.29 is 9.90 Å². The molecule has 0 bridgehead atoms. The van der Waals surface area contributed by atoms with Gasteiger partial charge in [-0.2, -0.15) is 0 Å². The Labute approximate surface area is 97.6 Å². The van der Waals surface area contributed by atoms with Gasteiger partial charge in [-0.3, -0.25) is 4.79 Å². The van der Waals surface area contributed by atoms with E-state index in [1.165, 1.54) is 0 Å². The van der Waals surface area contributed by atoms with Crippen LogP contribution in [0.25, 0.3) is 0 Å². The number of nitrogens with one attached hydrogen (secondary N) is 1. The minimum Gasteiger partial charge on any atom is -0.393 e. The summed E-state index contributed by atoms with van der Waals surface area (Å²) in [4.78, 5) is 11.5. The Hall–Kier alpha value is -0.610. The molecule has 0 aliphatic heterocycles. The molecular weight excluding hydrogens is 204 g/mol. The largest absolute Gasteiger partial charge is 0.393 e. The molecule has 94 valence electrons. The number of carbonyl (C=O) groups is 1. The van der Waals surface area contributed by atoms with Crippen molar-refractivity contribution in [2.24, 2.45) is 17.6 Å². The molecule has 3 atom stereocenters. The zero-order chi connectivity index (χ0) is 12.1. The van der Waals surface area contributed by atoms with Crippen molar-refractivity contribution >= 4 is 5.91 Å². The van der Waals surface area contributed by atoms with Gasteiger partial charge in [-0.25, -0.2) is 0 Å². The monoisotopic (exact) mass is 228 g/mol. The third kappa shape index (κ3) is 4.10. The van der Waals surface area contributed by atoms with Crippen LogP contribution >= 0.6 is 0 Å². The number of carbonyl (C=O) groups excluding carboxylic acids is 1. The van der Waals surface area contributed by atoms with E-state index in [0.29, 0.717) is 18.9 Å². The van der Waals surface area contributed by atoms with E-state index in [1.807, 2.05) is 13.8 Å². The van der Waals surface area contributed by atoms with Crippen LogP contribution in [0, 0.1) is 11.8 Å². The maximum Gasteiger partial charge on any atom is 0.221 e. The lowest BCUT2D eigenvalue weighted by molar-refractivity contribution is -0.121. The van der Waals surface area contributed by atoms with Gasteiger partial charge in [0.2, 0.25) is 5.91 Å². The molecule has 4 heteroatoms. The smallest absolute Gasteiger partial charge is 0.221 e. The summed E-state index contributed by atoms with van der Waals surface area (Å²) < 4.78 is 0. The number of rotatable bonds is 5. The number of aliphatic hydroxyl groups is 1. The Bertz CT molecular complexity index is 231. The van der Waals surface area contributed by atoms with E-state index in [-0.39, 0.29) is 24.0 Å². The Kier molecular flexibility index (Phi) is 5.22. The zero-order valence-corrected chi connectivity index (χ0v) is 10.3. The van der Waals surface area contributed by atoms with Gasteiger partial charge in [-0.1, -0.05) is 20.3 Å². The lowest BCUT2D eigenvalue weighted by atomic mass is 10.0. The SMILES string of the molecule is CC(C)C(N)CC(=O)NCC1CCCC1O. The first-order chi connectivity index (χ1) is 7.50. The first-order valence-corrected chi connectivity index (χ1v) is 6.21. The van der Waals surface area contributed by atoms with Gasteiger partial charge in [0.05, 0.1) is 6.10 Å². The van der Waals surface area contributed by atoms with E-state index in [9.17, 15) is 9.90 Å². The molecule has 0 saturated heterocycles. The van der Waals surface area contributed by atoms with Crippen LogP contribution in [0.1, 0.15) is 39.5 Å². The average molecular weight is 228 g/mol. The van der Waals surface area contributed by atoms with Crippen LogP contribution in [-0.2, 0) is 4.79 Å². The van der Waals surface area contributed by atoms with Crippen LogP contribution < -0.4 is 11.1 Å². The van der Waals surface area contributed by atoms with Gasteiger partial charge in [0, 0.05) is 24.9 Å². The Balaban J connectivity index is 2.19. The molecule has 1 aliphatic rings. The summed E-state index contributed by atoms with van der Waals surface area (Å²) >= 11 is 0. The van der Waals surface area contributed by atoms with Crippen molar-refractivity contribution in [1.29, 1.82) is 0 Å². The van der Waals surface area contributed by atoms with E-state index in [4.69, 9.17) is 5.73 Å². The third-order valence-corrected chi connectivity index (χ3v) is 3.46. The molecule has 1 amide bonds. The second-order valence-electron chi connectivity index (χ2n) is 5.17. The first-order valence-electron chi connectivity index (χ1n) is 6.21. The second kappa shape index (κ2) is 6.21. The molecule has 1 aliphatic carbocycles. The van der Waals surface area contributed by atoms with Gasteiger partial charge < -0.3 is 16.2 Å². The van der Waals surface area contributed by atoms with Crippen LogP contribution in [0.3, 0.4) is 0 Å². The zero-order valence-electron chi connectivity index (χ0n) is 10.3. The van der Waals surface area contributed by atoms with Crippen LogP contribution in [0.15, 0.2) is 0 Å². The summed E-state index contributed by atoms with van der Waals surface area (Å²) in [6.45, 7) is 4.61. The summed E-state index contributed by atoms with van der Waals surface area (Å²) in [6, 6.07) is -0.0755. The number of amides is 1. The van der Waals surface area contributed by atoms with Crippen LogP contribution in [-0.4, -0.2) is 29.7 Å². The van der Waals surface area contributed by atoms with Crippen LogP contribution in [0.4, 0.5) is 0 Å². The summed E-state index contributed by atoms with van der Waals surface area (Å²) in [5.74, 6) is 0.558. The number of nitrogens with two attached hydrogens (primary N) is 1. The molecule has 0 aromatic heterocycles. The van der Waals surface area contributed by atoms with Gasteiger partial charge in [0.15, 0.2) is 0 Å². The lowest BCUT2D eigenvalue weighted by Crippen LogP contribution is -2.37. The minimum atomic E-state index is -0.237. The minimum absolute atomic E-state index is 0.000278. The fourth-order valence-corrected chi connectivity index (χ4v) is 2.02. The summed E-state index contributed by atoms with van der Waals surface area (Å²) in [7, 11) is 0. The molecule has 4 N–H and O–H groups in total. The van der Waals surface area contributed by atoms with Crippen molar-refractivity contribution in [3.05, 3.63) is 0 Å². The van der Waals surface area contributed by atoms with Crippen molar-refractivity contribution in [2.45, 2.75) is 51.7 Å². The molecule has 0 aromatic rings. The molecule has 0 spiro atoms. The molecule has 1 fully saturated rings. The third-order valence-electron chi connectivity index (χ3n) is 3.46. The van der Waals surface area contributed by atoms with Crippen LogP contribution in [0.5, 0.6) is 0 Å². The highest BCUT2D eigenvalue weighted by Gasteiger charge is 2.25. The fraction of sp³-hybridized carbons (Fsp3) is 0.917. The van der Waals surface area contributed by atoms with Gasteiger partial charge in [-0.15, -0.1) is 0 Å². The van der Waals surface area contributed by atoms with Crippen molar-refractivity contribution in [2.75, 3.05) is 6.54 Å². The van der Waals surface area contributed by atoms with E-state index in [0.717, 1.165) is 19.3 Å². The number of hydrogen-bond donors (Lipinski definition) is 3. The van der Waals surface area contributed by atoms with Gasteiger partial charge >= 0.3 is 0 Å². The molecule has 1 rings (SSSR count). The van der Waals surface area contributed by atoms with Crippen LogP contribution in [0.2, 0.25) is 0 Å². The molecule has 4 nitrogen and oxygen atoms in total. The summed E-state index contributed by atoms with van der Waals surface area (Å²) in [5.41, 5.74) is 5.82. The van der Waals surface area contributed by atoms with Gasteiger partial charge in [0.25, 0.3) is 0 Å². The summed E-state index contributed by atoms with van der Waals surface area (Å²) in [6.07, 6.45) is 3.08. The van der Waals surface area contributed by atoms with E-state index < -0.39 is 0 Å². The van der Waals surface area contributed by atoms with Crippen molar-refractivity contribution in [3.63, 3.8) is 0 Å². The standard InChI is InChI=1S/C12H24N2O2/c1-8(2)10(13)6-12(16)14-7-9-4-3-5-11(9)15/h8-11,15H,3-7,13H2,1-2H3,(H,14,16). The van der Waals surface area contributed by atoms with Gasteiger partial charge in [-0.05, 0) is 18.8 Å². The van der Waals surface area contributed by atoms with Crippen molar-refractivity contribution in [3.8, 4) is 0 Å². The van der Waals surface area contributed by atoms with Crippen molar-refractivity contribution in [1.82, 2.24) is 5.32 Å². The molecule has 0 radical (unpaired) electrons. The quantitative estimate of drug-likeness (QED) is 0.646. The average Bonchev–Trinajstić information content (AvgIpc) is 2.61. The predicted molar refractivity (Wildman–Crippen MR) is 63.8 cm³/mol. The van der Waals surface area contributed by atoms with Gasteiger partial charge in [0.1, 0.15) is 0 Å². The number of aliphatic hydroxyl groups excluding tert-OH is 1. The van der Waals surface area contributed by atoms with E-state index in [1.54, 1.807) is 0 Å². The molecule has 1 saturated carbocycles. The normalized spacial score (nSPS) is 27.1. The second-order valence-corrected chi connectivity index (χ2v) is 5.17. The maximum atomic E-state index is 11.5. The topological polar surface area (TPSA) is 75.4 Å². The molecule has 16 heavy (non-hydrogen) atoms. The molecule has 3 unspecified atom stereocenters. The highest BCUT2D eigenvalue weighted by atomic mass is 16.3. The lowest BCUT2D eigenvalue weighted by Gasteiger charge is -2.18. The molecule has 0 heterocycles. The maximum absolute atomic E-state index is 11.5. The Morgan fingerprint density at radius 1 is 1.50 bits per heavy atom. The Morgan fingerprint density at radius 2 is 2.19 bits per heavy atom. The Morgan fingerprint density at radius 3 is 2.69 bits per heavy atom. The highest BCUT2D eigenvalue weighted by Crippen LogP contribution is 2.24. The first kappa shape index (κ1) is 13.5. The van der Waals surface area contributed by atoms with E-state index >= 15 is 0 Å². The fourth-order valence-electron chi connectivity index (χ4n) is 2.02. The summed E-state index contributed by atoms with van der Waals surface area (Å²) in [5, 5.41) is 12.5. The molecular formula is C12H24N2O2.